The van der Waals surface area contributed by atoms with Crippen molar-refractivity contribution in [3.05, 3.63) is 59.7 Å². The van der Waals surface area contributed by atoms with Crippen LogP contribution in [0.3, 0.4) is 0 Å². The maximum atomic E-state index is 13.0. The first-order valence-corrected chi connectivity index (χ1v) is 9.91. The molecule has 1 fully saturated rings. The summed E-state index contributed by atoms with van der Waals surface area (Å²) in [7, 11) is 1.64. The fourth-order valence-electron chi connectivity index (χ4n) is 3.54. The lowest BCUT2D eigenvalue weighted by Crippen LogP contribution is -2.43. The maximum Gasteiger partial charge on any atom is 0.254 e. The smallest absolute Gasteiger partial charge is 0.254 e. The normalized spacial score (nSPS) is 17.0. The molecule has 1 aliphatic heterocycles. The van der Waals surface area contributed by atoms with E-state index in [1.54, 1.807) is 25.6 Å². The van der Waals surface area contributed by atoms with Gasteiger partial charge in [-0.1, -0.05) is 6.07 Å². The van der Waals surface area contributed by atoms with E-state index in [0.29, 0.717) is 43.2 Å². The number of methoxy groups -OCH3 is 1. The van der Waals surface area contributed by atoms with E-state index < -0.39 is 0 Å². The van der Waals surface area contributed by atoms with Crippen molar-refractivity contribution < 1.29 is 18.7 Å². The van der Waals surface area contributed by atoms with Gasteiger partial charge in [0.05, 0.1) is 19.3 Å². The van der Waals surface area contributed by atoms with Crippen molar-refractivity contribution in [2.75, 3.05) is 26.8 Å². The molecule has 152 valence electrons. The van der Waals surface area contributed by atoms with Crippen LogP contribution >= 0.6 is 0 Å². The Kier molecular flexibility index (Phi) is 6.17. The number of oxazole rings is 1. The van der Waals surface area contributed by atoms with Crippen LogP contribution in [0.15, 0.2) is 47.1 Å². The van der Waals surface area contributed by atoms with Crippen LogP contribution in [0, 0.1) is 0 Å². The first kappa shape index (κ1) is 19.5. The van der Waals surface area contributed by atoms with Gasteiger partial charge >= 0.3 is 0 Å². The first-order valence-electron chi connectivity index (χ1n) is 9.91. The minimum Gasteiger partial charge on any atom is -0.441 e. The zero-order chi connectivity index (χ0) is 20.1. The number of fused-ring (bicyclic) bond motifs is 1. The topological polar surface area (TPSA) is 77.7 Å². The Morgan fingerprint density at radius 3 is 3.10 bits per heavy atom. The summed E-state index contributed by atoms with van der Waals surface area (Å²) in [5, 5.41) is 0. The van der Waals surface area contributed by atoms with Crippen LogP contribution in [0.1, 0.15) is 34.7 Å². The molecule has 0 radical (unpaired) electrons. The van der Waals surface area contributed by atoms with Gasteiger partial charge in [0, 0.05) is 44.6 Å². The van der Waals surface area contributed by atoms with Gasteiger partial charge in [0.15, 0.2) is 11.5 Å². The molecule has 1 aliphatic rings. The Bertz CT molecular complexity index is 957. The Morgan fingerprint density at radius 1 is 1.34 bits per heavy atom. The number of pyridine rings is 1. The van der Waals surface area contributed by atoms with E-state index in [-0.39, 0.29) is 12.0 Å². The number of carbonyl (C=O) groups is 1. The van der Waals surface area contributed by atoms with E-state index in [1.165, 1.54) is 0 Å². The second-order valence-electron chi connectivity index (χ2n) is 7.22. The second-order valence-corrected chi connectivity index (χ2v) is 7.22. The van der Waals surface area contributed by atoms with Crippen LogP contribution in [-0.2, 0) is 22.5 Å². The van der Waals surface area contributed by atoms with Crippen molar-refractivity contribution in [1.82, 2.24) is 14.9 Å². The Balaban J connectivity index is 1.40. The van der Waals surface area contributed by atoms with Crippen LogP contribution in [0.25, 0.3) is 11.1 Å². The van der Waals surface area contributed by atoms with E-state index >= 15 is 0 Å². The molecule has 3 aromatic rings. The van der Waals surface area contributed by atoms with Gasteiger partial charge in [-0.2, -0.15) is 0 Å². The molecule has 0 aliphatic carbocycles. The molecule has 7 heteroatoms. The molecule has 4 rings (SSSR count). The Labute approximate surface area is 169 Å². The molecule has 1 unspecified atom stereocenters. The van der Waals surface area contributed by atoms with Crippen molar-refractivity contribution in [1.29, 1.82) is 0 Å². The first-order chi connectivity index (χ1) is 14.2. The molecule has 0 spiro atoms. The molecule has 7 nitrogen and oxygen atoms in total. The molecular formula is C22H25N3O4. The zero-order valence-corrected chi connectivity index (χ0v) is 16.5. The fourth-order valence-corrected chi connectivity index (χ4v) is 3.54. The minimum absolute atomic E-state index is 0.00332. The predicted molar refractivity (Wildman–Crippen MR) is 108 cm³/mol. The number of piperidine rings is 1. The van der Waals surface area contributed by atoms with E-state index in [4.69, 9.17) is 13.9 Å². The van der Waals surface area contributed by atoms with Gasteiger partial charge in [0.1, 0.15) is 5.52 Å². The van der Waals surface area contributed by atoms with Crippen LogP contribution < -0.4 is 0 Å². The van der Waals surface area contributed by atoms with Gasteiger partial charge in [-0.15, -0.1) is 0 Å². The highest BCUT2D eigenvalue weighted by Crippen LogP contribution is 2.21. The number of rotatable bonds is 7. The summed E-state index contributed by atoms with van der Waals surface area (Å²) in [6, 6.07) is 9.32. The molecule has 0 N–H and O–H groups in total. The number of amides is 1. The highest BCUT2D eigenvalue weighted by Gasteiger charge is 2.25. The van der Waals surface area contributed by atoms with Gasteiger partial charge < -0.3 is 18.8 Å². The van der Waals surface area contributed by atoms with Gasteiger partial charge in [0.25, 0.3) is 5.91 Å². The molecule has 2 aromatic heterocycles. The van der Waals surface area contributed by atoms with E-state index in [1.807, 2.05) is 29.2 Å². The van der Waals surface area contributed by atoms with Crippen LogP contribution in [0.4, 0.5) is 0 Å². The summed E-state index contributed by atoms with van der Waals surface area (Å²) >= 11 is 0. The average Bonchev–Trinajstić information content (AvgIpc) is 3.19. The van der Waals surface area contributed by atoms with Crippen LogP contribution in [-0.4, -0.2) is 53.7 Å². The van der Waals surface area contributed by atoms with Crippen molar-refractivity contribution in [2.45, 2.75) is 32.0 Å². The number of likely N-dealkylation sites (tertiary alicyclic amines) is 1. The lowest BCUT2D eigenvalue weighted by molar-refractivity contribution is -0.00681. The fraction of sp³-hybridized carbons (Fsp3) is 0.409. The summed E-state index contributed by atoms with van der Waals surface area (Å²) in [6.07, 6.45) is 6.07. The van der Waals surface area contributed by atoms with E-state index in [0.717, 1.165) is 30.5 Å². The number of hydrogen-bond acceptors (Lipinski definition) is 6. The van der Waals surface area contributed by atoms with Crippen molar-refractivity contribution in [3.8, 4) is 0 Å². The number of benzene rings is 1. The molecule has 1 atom stereocenters. The van der Waals surface area contributed by atoms with Gasteiger partial charge in [-0.3, -0.25) is 9.78 Å². The zero-order valence-electron chi connectivity index (χ0n) is 16.5. The molecule has 3 heterocycles. The third-order valence-electron chi connectivity index (χ3n) is 5.07. The third-order valence-corrected chi connectivity index (χ3v) is 5.07. The van der Waals surface area contributed by atoms with E-state index in [9.17, 15) is 4.79 Å². The Hall–Kier alpha value is -2.77. The summed E-state index contributed by atoms with van der Waals surface area (Å²) in [6.45, 7) is 2.38. The molecule has 29 heavy (non-hydrogen) atoms. The van der Waals surface area contributed by atoms with Crippen LogP contribution in [0.2, 0.25) is 0 Å². The number of nitrogens with zero attached hydrogens (tertiary/aromatic N) is 3. The lowest BCUT2D eigenvalue weighted by atomic mass is 10.1. The quantitative estimate of drug-likeness (QED) is 0.611. The average molecular weight is 395 g/mol. The third kappa shape index (κ3) is 4.81. The van der Waals surface area contributed by atoms with Gasteiger partial charge in [-0.25, -0.2) is 4.98 Å². The number of aromatic nitrogens is 2. The number of carbonyl (C=O) groups excluding carboxylic acids is 1. The molecule has 1 amide bonds. The molecule has 1 saturated heterocycles. The second kappa shape index (κ2) is 9.15. The van der Waals surface area contributed by atoms with Gasteiger partial charge in [0.2, 0.25) is 0 Å². The summed E-state index contributed by atoms with van der Waals surface area (Å²) in [5.41, 5.74) is 3.03. The van der Waals surface area contributed by atoms with Crippen LogP contribution in [0.5, 0.6) is 0 Å². The van der Waals surface area contributed by atoms with Crippen molar-refractivity contribution in [3.63, 3.8) is 0 Å². The number of hydrogen-bond donors (Lipinski definition) is 0. The summed E-state index contributed by atoms with van der Waals surface area (Å²) in [4.78, 5) is 23.4. The molecule has 0 saturated carbocycles. The van der Waals surface area contributed by atoms with Crippen molar-refractivity contribution >= 4 is 17.0 Å². The monoisotopic (exact) mass is 395 g/mol. The standard InChI is InChI=1S/C22H25N3O4/c1-27-11-8-21-24-19-7-6-17(12-20(19)29-21)22(26)25-10-3-5-18(14-25)28-15-16-4-2-9-23-13-16/h2,4,6-7,9,12-13,18H,3,5,8,10-11,14-15H2,1H3. The maximum absolute atomic E-state index is 13.0. The predicted octanol–water partition coefficient (Wildman–Crippen LogP) is 3.23. The number of ether oxygens (including phenoxy) is 2. The molecule has 1 aromatic carbocycles. The Morgan fingerprint density at radius 2 is 2.28 bits per heavy atom. The highest BCUT2D eigenvalue weighted by molar-refractivity contribution is 5.97. The molecule has 0 bridgehead atoms. The highest BCUT2D eigenvalue weighted by atomic mass is 16.5. The molecular weight excluding hydrogens is 370 g/mol. The van der Waals surface area contributed by atoms with E-state index in [2.05, 4.69) is 9.97 Å². The largest absolute Gasteiger partial charge is 0.441 e. The van der Waals surface area contributed by atoms with Gasteiger partial charge in [-0.05, 0) is 42.7 Å². The minimum atomic E-state index is -0.00332. The summed E-state index contributed by atoms with van der Waals surface area (Å²) in [5.74, 6) is 0.615. The lowest BCUT2D eigenvalue weighted by Gasteiger charge is -2.32. The van der Waals surface area contributed by atoms with Crippen molar-refractivity contribution in [2.24, 2.45) is 0 Å². The SMILES string of the molecule is COCCc1nc2ccc(C(=O)N3CCCC(OCc4cccnc4)C3)cc2o1. The summed E-state index contributed by atoms with van der Waals surface area (Å²) < 4.78 is 16.9.